The zero-order chi connectivity index (χ0) is 15.3. The van der Waals surface area contributed by atoms with E-state index in [0.717, 1.165) is 4.31 Å². The van der Waals surface area contributed by atoms with Crippen LogP contribution in [-0.2, 0) is 21.4 Å². The number of sulfonamides is 1. The van der Waals surface area contributed by atoms with Crippen molar-refractivity contribution in [2.75, 3.05) is 19.8 Å². The Kier molecular flexibility index (Phi) is 5.23. The molecule has 2 N–H and O–H groups in total. The van der Waals surface area contributed by atoms with Gasteiger partial charge in [-0.15, -0.1) is 0 Å². The number of hydrogen-bond donors (Lipinski definition) is 2. The van der Waals surface area contributed by atoms with Crippen LogP contribution in [0.1, 0.15) is 15.9 Å². The average Bonchev–Trinajstić information content (AvgIpc) is 2.37. The summed E-state index contributed by atoms with van der Waals surface area (Å²) in [5, 5.41) is 11.0. The number of carbonyl (C=O) groups excluding carboxylic acids is 1. The number of carbonyl (C=O) groups is 2. The third-order valence-corrected chi connectivity index (χ3v) is 4.32. The van der Waals surface area contributed by atoms with Crippen molar-refractivity contribution >= 4 is 21.9 Å². The van der Waals surface area contributed by atoms with Crippen LogP contribution < -0.4 is 5.32 Å². The molecule has 0 atom stereocenters. The Hall–Kier alpha value is -1.93. The molecule has 0 radical (unpaired) electrons. The average molecular weight is 300 g/mol. The van der Waals surface area contributed by atoms with Gasteiger partial charge < -0.3 is 10.4 Å². The Balaban J connectivity index is 2.79. The topological polar surface area (TPSA) is 104 Å². The van der Waals surface area contributed by atoms with Gasteiger partial charge in [-0.25, -0.2) is 12.7 Å². The maximum absolute atomic E-state index is 11.6. The molecule has 20 heavy (non-hydrogen) atoms. The molecule has 0 spiro atoms. The first-order valence-electron chi connectivity index (χ1n) is 5.73. The number of carboxylic acid groups (broad SMARTS) is 1. The molecule has 1 aromatic rings. The van der Waals surface area contributed by atoms with E-state index in [1.54, 1.807) is 24.3 Å². The summed E-state index contributed by atoms with van der Waals surface area (Å²) in [4.78, 5) is 21.8. The molecule has 8 heteroatoms. The summed E-state index contributed by atoms with van der Waals surface area (Å²) in [6.45, 7) is 0.0453. The van der Waals surface area contributed by atoms with Gasteiger partial charge in [0.1, 0.15) is 0 Å². The van der Waals surface area contributed by atoms with E-state index in [0.29, 0.717) is 11.1 Å². The summed E-state index contributed by atoms with van der Waals surface area (Å²) in [7, 11) is -1.01. The molecule has 0 aliphatic heterocycles. The fourth-order valence-electron chi connectivity index (χ4n) is 1.53. The molecule has 0 aliphatic rings. The van der Waals surface area contributed by atoms with Gasteiger partial charge >= 0.3 is 5.97 Å². The summed E-state index contributed by atoms with van der Waals surface area (Å²) >= 11 is 0. The molecule has 0 heterocycles. The van der Waals surface area contributed by atoms with Crippen LogP contribution in [0.5, 0.6) is 0 Å². The predicted octanol–water partition coefficient (Wildman–Crippen LogP) is -0.108. The van der Waals surface area contributed by atoms with Crippen LogP contribution in [0.15, 0.2) is 24.3 Å². The van der Waals surface area contributed by atoms with E-state index in [1.165, 1.54) is 14.1 Å². The van der Waals surface area contributed by atoms with Gasteiger partial charge in [-0.2, -0.15) is 0 Å². The molecule has 0 saturated heterocycles. The Morgan fingerprint density at radius 2 is 1.80 bits per heavy atom. The molecule has 1 aromatic carbocycles. The second kappa shape index (κ2) is 6.49. The molecule has 1 rings (SSSR count). The summed E-state index contributed by atoms with van der Waals surface area (Å²) in [5.41, 5.74) is 1.13. The number of rotatable bonds is 6. The van der Waals surface area contributed by atoms with E-state index >= 15 is 0 Å². The smallest absolute Gasteiger partial charge is 0.320 e. The number of nitrogens with one attached hydrogen (secondary N) is 1. The quantitative estimate of drug-likeness (QED) is 0.763. The van der Waals surface area contributed by atoms with Crippen LogP contribution in [0.4, 0.5) is 0 Å². The summed E-state index contributed by atoms with van der Waals surface area (Å²) < 4.78 is 24.3. The maximum atomic E-state index is 11.6. The zero-order valence-corrected chi connectivity index (χ0v) is 12.0. The lowest BCUT2D eigenvalue weighted by atomic mass is 10.1. The minimum atomic E-state index is -3.83. The lowest BCUT2D eigenvalue weighted by Gasteiger charge is -2.16. The fraction of sp³-hybridized carbons (Fsp3) is 0.333. The highest BCUT2D eigenvalue weighted by molar-refractivity contribution is 7.89. The largest absolute Gasteiger partial charge is 0.480 e. The van der Waals surface area contributed by atoms with Crippen molar-refractivity contribution < 1.29 is 23.1 Å². The molecule has 0 aliphatic carbocycles. The zero-order valence-electron chi connectivity index (χ0n) is 11.2. The number of hydrogen-bond acceptors (Lipinski definition) is 4. The first-order chi connectivity index (χ1) is 9.26. The molecule has 0 bridgehead atoms. The maximum Gasteiger partial charge on any atom is 0.320 e. The Bertz CT molecular complexity index is 595. The molecule has 0 aromatic heterocycles. The Morgan fingerprint density at radius 3 is 2.25 bits per heavy atom. The summed E-state index contributed by atoms with van der Waals surface area (Å²) in [6.07, 6.45) is 0. The van der Waals surface area contributed by atoms with E-state index in [1.807, 2.05) is 0 Å². The van der Waals surface area contributed by atoms with Crippen molar-refractivity contribution in [2.24, 2.45) is 0 Å². The second-order valence-corrected chi connectivity index (χ2v) is 6.26. The highest BCUT2D eigenvalue weighted by Gasteiger charge is 2.21. The second-order valence-electron chi connectivity index (χ2n) is 4.18. The molecule has 0 fully saturated rings. The molecular weight excluding hydrogens is 284 g/mol. The SMILES string of the molecule is CNC(=O)c1ccc(CN(C)S(=O)(=O)CC(=O)O)cc1. The van der Waals surface area contributed by atoms with Gasteiger partial charge in [0.15, 0.2) is 5.75 Å². The highest BCUT2D eigenvalue weighted by Crippen LogP contribution is 2.09. The first-order valence-corrected chi connectivity index (χ1v) is 7.34. The summed E-state index contributed by atoms with van der Waals surface area (Å²) in [5.74, 6) is -2.57. The Morgan fingerprint density at radius 1 is 1.25 bits per heavy atom. The minimum absolute atomic E-state index is 0.0453. The third-order valence-electron chi connectivity index (χ3n) is 2.63. The molecule has 1 amide bonds. The lowest BCUT2D eigenvalue weighted by Crippen LogP contribution is -2.31. The predicted molar refractivity (Wildman–Crippen MR) is 72.7 cm³/mol. The standard InChI is InChI=1S/C12H16N2O5S/c1-13-12(17)10-5-3-9(4-6-10)7-14(2)20(18,19)8-11(15)16/h3-6H,7-8H2,1-2H3,(H,13,17)(H,15,16). The van der Waals surface area contributed by atoms with Crippen LogP contribution in [0.3, 0.4) is 0 Å². The monoisotopic (exact) mass is 300 g/mol. The third kappa shape index (κ3) is 4.32. The highest BCUT2D eigenvalue weighted by atomic mass is 32.2. The van der Waals surface area contributed by atoms with Crippen molar-refractivity contribution in [1.82, 2.24) is 9.62 Å². The van der Waals surface area contributed by atoms with Crippen LogP contribution in [0.2, 0.25) is 0 Å². The van der Waals surface area contributed by atoms with Crippen LogP contribution in [0.25, 0.3) is 0 Å². The van der Waals surface area contributed by atoms with Crippen LogP contribution in [-0.4, -0.2) is 49.6 Å². The normalized spacial score (nSPS) is 11.3. The fourth-order valence-corrected chi connectivity index (χ4v) is 2.41. The molecule has 0 unspecified atom stereocenters. The summed E-state index contributed by atoms with van der Waals surface area (Å²) in [6, 6.07) is 6.40. The molecule has 110 valence electrons. The van der Waals surface area contributed by atoms with Gasteiger partial charge in [-0.05, 0) is 17.7 Å². The van der Waals surface area contributed by atoms with Gasteiger partial charge in [0, 0.05) is 26.2 Å². The van der Waals surface area contributed by atoms with Crippen molar-refractivity contribution in [3.05, 3.63) is 35.4 Å². The first kappa shape index (κ1) is 16.1. The number of aliphatic carboxylic acids is 1. The van der Waals surface area contributed by atoms with Crippen molar-refractivity contribution in [1.29, 1.82) is 0 Å². The lowest BCUT2D eigenvalue weighted by molar-refractivity contribution is -0.134. The minimum Gasteiger partial charge on any atom is -0.480 e. The van der Waals surface area contributed by atoms with Crippen molar-refractivity contribution in [3.63, 3.8) is 0 Å². The number of amides is 1. The van der Waals surface area contributed by atoms with E-state index in [2.05, 4.69) is 5.32 Å². The van der Waals surface area contributed by atoms with Gasteiger partial charge in [0.2, 0.25) is 10.0 Å². The number of nitrogens with zero attached hydrogens (tertiary/aromatic N) is 1. The van der Waals surface area contributed by atoms with E-state index in [9.17, 15) is 18.0 Å². The van der Waals surface area contributed by atoms with Crippen LogP contribution in [0, 0.1) is 0 Å². The van der Waals surface area contributed by atoms with Crippen molar-refractivity contribution in [2.45, 2.75) is 6.54 Å². The molecular formula is C12H16N2O5S. The Labute approximate surface area is 117 Å². The van der Waals surface area contributed by atoms with E-state index in [4.69, 9.17) is 5.11 Å². The van der Waals surface area contributed by atoms with Gasteiger partial charge in [-0.1, -0.05) is 12.1 Å². The molecule has 7 nitrogen and oxygen atoms in total. The molecule has 0 saturated carbocycles. The van der Waals surface area contributed by atoms with Gasteiger partial charge in [0.25, 0.3) is 5.91 Å². The number of benzene rings is 1. The van der Waals surface area contributed by atoms with Gasteiger partial charge in [0.05, 0.1) is 0 Å². The number of carboxylic acids is 1. The van der Waals surface area contributed by atoms with E-state index < -0.39 is 21.7 Å². The van der Waals surface area contributed by atoms with Gasteiger partial charge in [-0.3, -0.25) is 9.59 Å². The van der Waals surface area contributed by atoms with Crippen molar-refractivity contribution in [3.8, 4) is 0 Å². The van der Waals surface area contributed by atoms with E-state index in [-0.39, 0.29) is 12.5 Å². The van der Waals surface area contributed by atoms with Crippen LogP contribution >= 0.6 is 0 Å².